The number of benzene rings is 2. The van der Waals surface area contributed by atoms with E-state index in [2.05, 4.69) is 10.0 Å². The summed E-state index contributed by atoms with van der Waals surface area (Å²) >= 11 is 5.84. The van der Waals surface area contributed by atoms with E-state index >= 15 is 0 Å². The van der Waals surface area contributed by atoms with E-state index in [4.69, 9.17) is 16.3 Å². The third-order valence-electron chi connectivity index (χ3n) is 4.93. The number of hydrogen-bond donors (Lipinski definition) is 2. The molecule has 0 saturated heterocycles. The van der Waals surface area contributed by atoms with Gasteiger partial charge in [-0.3, -0.25) is 4.79 Å². The molecule has 2 atom stereocenters. The Labute approximate surface area is 189 Å². The maximum absolute atomic E-state index is 12.9. The summed E-state index contributed by atoms with van der Waals surface area (Å²) in [5.41, 5.74) is 0.979. The van der Waals surface area contributed by atoms with E-state index in [0.29, 0.717) is 11.6 Å². The number of nitrogens with zero attached hydrogens (tertiary/aromatic N) is 1. The number of halogens is 1. The molecule has 0 fully saturated rings. The summed E-state index contributed by atoms with van der Waals surface area (Å²) in [4.78, 5) is 15.0. The molecule has 2 aromatic carbocycles. The Bertz CT molecular complexity index is 979. The maximum Gasteiger partial charge on any atom is 0.241 e. The van der Waals surface area contributed by atoms with Crippen molar-refractivity contribution in [3.05, 3.63) is 59.1 Å². The Morgan fingerprint density at radius 3 is 2.32 bits per heavy atom. The highest BCUT2D eigenvalue weighted by atomic mass is 35.5. The van der Waals surface area contributed by atoms with Crippen molar-refractivity contribution in [1.29, 1.82) is 0 Å². The SMILES string of the molecule is COc1cccc([C@@H](CNC(=O)[C@@H](NS(=O)(=O)c2ccc(Cl)cc2)C(C)C)N(C)C)c1. The molecule has 0 saturated carbocycles. The Morgan fingerprint density at radius 1 is 1.13 bits per heavy atom. The summed E-state index contributed by atoms with van der Waals surface area (Å²) in [7, 11) is 1.56. The lowest BCUT2D eigenvalue weighted by Crippen LogP contribution is -2.50. The Kier molecular flexibility index (Phi) is 8.88. The number of sulfonamides is 1. The van der Waals surface area contributed by atoms with Crippen LogP contribution in [0.25, 0.3) is 0 Å². The van der Waals surface area contributed by atoms with Crippen molar-refractivity contribution in [2.24, 2.45) is 5.92 Å². The van der Waals surface area contributed by atoms with Crippen LogP contribution in [-0.4, -0.2) is 53.0 Å². The number of ether oxygens (including phenoxy) is 1. The highest BCUT2D eigenvalue weighted by Gasteiger charge is 2.29. The molecule has 7 nitrogen and oxygen atoms in total. The normalized spacial score (nSPS) is 13.8. The smallest absolute Gasteiger partial charge is 0.241 e. The second kappa shape index (κ2) is 10.9. The zero-order chi connectivity index (χ0) is 23.2. The number of nitrogens with one attached hydrogen (secondary N) is 2. The fourth-order valence-electron chi connectivity index (χ4n) is 3.10. The van der Waals surface area contributed by atoms with Crippen LogP contribution in [0.5, 0.6) is 5.75 Å². The van der Waals surface area contributed by atoms with Gasteiger partial charge in [0.25, 0.3) is 0 Å². The minimum atomic E-state index is -3.88. The lowest BCUT2D eigenvalue weighted by Gasteiger charge is -2.27. The van der Waals surface area contributed by atoms with Crippen molar-refractivity contribution in [3.63, 3.8) is 0 Å². The summed E-state index contributed by atoms with van der Waals surface area (Å²) < 4.78 is 33.3. The van der Waals surface area contributed by atoms with Gasteiger partial charge in [-0.15, -0.1) is 0 Å². The molecular formula is C22H30ClN3O4S. The van der Waals surface area contributed by atoms with E-state index in [1.807, 2.05) is 43.3 Å². The summed E-state index contributed by atoms with van der Waals surface area (Å²) in [6.07, 6.45) is 0. The fraction of sp³-hybridized carbons (Fsp3) is 0.409. The molecule has 0 aromatic heterocycles. The van der Waals surface area contributed by atoms with Crippen LogP contribution in [-0.2, 0) is 14.8 Å². The van der Waals surface area contributed by atoms with Gasteiger partial charge in [0.15, 0.2) is 0 Å². The summed E-state index contributed by atoms with van der Waals surface area (Å²) in [6, 6.07) is 12.4. The highest BCUT2D eigenvalue weighted by Crippen LogP contribution is 2.22. The number of methoxy groups -OCH3 is 1. The predicted molar refractivity (Wildman–Crippen MR) is 123 cm³/mol. The molecule has 0 radical (unpaired) electrons. The van der Waals surface area contributed by atoms with Gasteiger partial charge in [-0.05, 0) is 62.0 Å². The number of carbonyl (C=O) groups excluding carboxylic acids is 1. The third kappa shape index (κ3) is 6.93. The summed E-state index contributed by atoms with van der Waals surface area (Å²) in [5.74, 6) is 0.0884. The Balaban J connectivity index is 2.14. The van der Waals surface area contributed by atoms with Crippen molar-refractivity contribution in [3.8, 4) is 5.75 Å². The topological polar surface area (TPSA) is 87.7 Å². The zero-order valence-corrected chi connectivity index (χ0v) is 20.0. The molecule has 170 valence electrons. The quantitative estimate of drug-likeness (QED) is 0.560. The number of likely N-dealkylation sites (N-methyl/N-ethyl adjacent to an activating group) is 1. The molecule has 0 heterocycles. The van der Waals surface area contributed by atoms with Gasteiger partial charge in [0.1, 0.15) is 11.8 Å². The van der Waals surface area contributed by atoms with Gasteiger partial charge < -0.3 is 15.0 Å². The van der Waals surface area contributed by atoms with Gasteiger partial charge in [-0.2, -0.15) is 4.72 Å². The average molecular weight is 468 g/mol. The van der Waals surface area contributed by atoms with E-state index in [-0.39, 0.29) is 22.8 Å². The fourth-order valence-corrected chi connectivity index (χ4v) is 4.57. The first kappa shape index (κ1) is 25.1. The van der Waals surface area contributed by atoms with Gasteiger partial charge >= 0.3 is 0 Å². The molecule has 0 aliphatic rings. The van der Waals surface area contributed by atoms with E-state index in [1.54, 1.807) is 21.0 Å². The van der Waals surface area contributed by atoms with Crippen LogP contribution in [0.15, 0.2) is 53.4 Å². The second-order valence-corrected chi connectivity index (χ2v) is 9.95. The van der Waals surface area contributed by atoms with Crippen molar-refractivity contribution < 1.29 is 17.9 Å². The van der Waals surface area contributed by atoms with Gasteiger partial charge in [-0.25, -0.2) is 8.42 Å². The van der Waals surface area contributed by atoms with Gasteiger partial charge in [0, 0.05) is 11.6 Å². The Morgan fingerprint density at radius 2 is 1.77 bits per heavy atom. The van der Waals surface area contributed by atoms with E-state index in [9.17, 15) is 13.2 Å². The first-order valence-electron chi connectivity index (χ1n) is 9.91. The first-order valence-corrected chi connectivity index (χ1v) is 11.8. The Hall–Kier alpha value is -2.13. The van der Waals surface area contributed by atoms with Crippen LogP contribution in [0, 0.1) is 5.92 Å². The lowest BCUT2D eigenvalue weighted by molar-refractivity contribution is -0.123. The average Bonchev–Trinajstić information content (AvgIpc) is 2.72. The van der Waals surface area contributed by atoms with Crippen molar-refractivity contribution in [1.82, 2.24) is 14.9 Å². The van der Waals surface area contributed by atoms with Crippen LogP contribution in [0.3, 0.4) is 0 Å². The first-order chi connectivity index (χ1) is 14.5. The number of hydrogen-bond acceptors (Lipinski definition) is 5. The maximum atomic E-state index is 12.9. The summed E-state index contributed by atoms with van der Waals surface area (Å²) in [6.45, 7) is 3.89. The standard InChI is InChI=1S/C22H30ClN3O4S/c1-15(2)21(25-31(28,29)19-11-9-17(23)10-12-19)22(27)24-14-20(26(3)4)16-7-6-8-18(13-16)30-5/h6-13,15,20-21,25H,14H2,1-5H3,(H,24,27)/t20-,21+/m1/s1. The minimum absolute atomic E-state index is 0.0536. The second-order valence-electron chi connectivity index (χ2n) is 7.80. The van der Waals surface area contributed by atoms with E-state index < -0.39 is 16.1 Å². The molecule has 0 spiro atoms. The largest absolute Gasteiger partial charge is 0.497 e. The lowest BCUT2D eigenvalue weighted by atomic mass is 10.0. The molecule has 9 heteroatoms. The van der Waals surface area contributed by atoms with Crippen LogP contribution in [0.2, 0.25) is 5.02 Å². The molecule has 1 amide bonds. The highest BCUT2D eigenvalue weighted by molar-refractivity contribution is 7.89. The van der Waals surface area contributed by atoms with E-state index in [0.717, 1.165) is 11.3 Å². The van der Waals surface area contributed by atoms with Crippen molar-refractivity contribution >= 4 is 27.5 Å². The van der Waals surface area contributed by atoms with Crippen LogP contribution < -0.4 is 14.8 Å². The molecule has 0 unspecified atom stereocenters. The minimum Gasteiger partial charge on any atom is -0.497 e. The van der Waals surface area contributed by atoms with Crippen molar-refractivity contribution in [2.45, 2.75) is 30.8 Å². The monoisotopic (exact) mass is 467 g/mol. The molecule has 31 heavy (non-hydrogen) atoms. The van der Waals surface area contributed by atoms with Crippen LogP contribution in [0.1, 0.15) is 25.5 Å². The number of carbonyl (C=O) groups is 1. The van der Waals surface area contributed by atoms with Crippen LogP contribution >= 0.6 is 11.6 Å². The van der Waals surface area contributed by atoms with Gasteiger partial charge in [0.2, 0.25) is 15.9 Å². The molecule has 2 rings (SSSR count). The van der Waals surface area contributed by atoms with E-state index in [1.165, 1.54) is 24.3 Å². The van der Waals surface area contributed by atoms with Gasteiger partial charge in [0.05, 0.1) is 18.0 Å². The third-order valence-corrected chi connectivity index (χ3v) is 6.64. The van der Waals surface area contributed by atoms with Crippen molar-refractivity contribution in [2.75, 3.05) is 27.7 Å². The number of amides is 1. The molecule has 2 N–H and O–H groups in total. The molecule has 0 aliphatic carbocycles. The number of rotatable bonds is 10. The zero-order valence-electron chi connectivity index (χ0n) is 18.4. The molecule has 0 aliphatic heterocycles. The molecular weight excluding hydrogens is 438 g/mol. The predicted octanol–water partition coefficient (Wildman–Crippen LogP) is 3.07. The van der Waals surface area contributed by atoms with Gasteiger partial charge in [-0.1, -0.05) is 37.6 Å². The molecule has 0 bridgehead atoms. The van der Waals surface area contributed by atoms with Crippen LogP contribution in [0.4, 0.5) is 0 Å². The summed E-state index contributed by atoms with van der Waals surface area (Å²) in [5, 5.41) is 3.33. The molecule has 2 aromatic rings.